The Bertz CT molecular complexity index is 733. The van der Waals surface area contributed by atoms with E-state index in [2.05, 4.69) is 15.0 Å². The molecule has 0 radical (unpaired) electrons. The fraction of sp³-hybridized carbons (Fsp3) is 0.300. The van der Waals surface area contributed by atoms with Gasteiger partial charge in [-0.3, -0.25) is 4.79 Å². The first kappa shape index (κ1) is 17.0. The van der Waals surface area contributed by atoms with E-state index in [-0.39, 0.29) is 5.91 Å². The highest BCUT2D eigenvalue weighted by Gasteiger charge is 2.12. The van der Waals surface area contributed by atoms with Crippen LogP contribution in [0.3, 0.4) is 0 Å². The predicted molar refractivity (Wildman–Crippen MR) is 98.2 cm³/mol. The average Bonchev–Trinajstić information content (AvgIpc) is 2.68. The largest absolute Gasteiger partial charge is 0.465 e. The summed E-state index contributed by atoms with van der Waals surface area (Å²) in [6.45, 7) is 2.16. The summed E-state index contributed by atoms with van der Waals surface area (Å²) in [5, 5.41) is 2.84. The highest BCUT2D eigenvalue weighted by Crippen LogP contribution is 2.20. The van der Waals surface area contributed by atoms with Crippen molar-refractivity contribution >= 4 is 23.3 Å². The van der Waals surface area contributed by atoms with Crippen LogP contribution in [0.4, 0.5) is 11.4 Å². The first-order valence-electron chi connectivity index (χ1n) is 8.52. The molecule has 1 N–H and O–H groups in total. The molecule has 1 fully saturated rings. The third-order valence-corrected chi connectivity index (χ3v) is 4.41. The highest BCUT2D eigenvalue weighted by atomic mass is 16.5. The van der Waals surface area contributed by atoms with E-state index in [1.54, 1.807) is 24.3 Å². The van der Waals surface area contributed by atoms with Crippen molar-refractivity contribution in [1.29, 1.82) is 0 Å². The van der Waals surface area contributed by atoms with Crippen LogP contribution in [-0.2, 0) is 4.74 Å². The van der Waals surface area contributed by atoms with Crippen LogP contribution < -0.4 is 10.2 Å². The van der Waals surface area contributed by atoms with E-state index in [1.165, 1.54) is 32.1 Å². The number of benzene rings is 2. The maximum atomic E-state index is 12.4. The van der Waals surface area contributed by atoms with Gasteiger partial charge in [0.1, 0.15) is 0 Å². The number of ether oxygens (including phenoxy) is 1. The fourth-order valence-corrected chi connectivity index (χ4v) is 2.99. The molecule has 2 aromatic rings. The SMILES string of the molecule is COC(=O)c1ccc(NC(=O)c2ccc(N3CCCCC3)cc2)cc1. The van der Waals surface area contributed by atoms with E-state index >= 15 is 0 Å². The van der Waals surface area contributed by atoms with Gasteiger partial charge in [-0.05, 0) is 67.8 Å². The fourth-order valence-electron chi connectivity index (χ4n) is 2.99. The number of anilines is 2. The number of nitrogens with one attached hydrogen (secondary N) is 1. The Labute approximate surface area is 147 Å². The van der Waals surface area contributed by atoms with Gasteiger partial charge in [0.2, 0.25) is 0 Å². The number of carbonyl (C=O) groups excluding carboxylic acids is 2. The van der Waals surface area contributed by atoms with E-state index in [0.29, 0.717) is 16.8 Å². The van der Waals surface area contributed by atoms with Crippen LogP contribution in [0.25, 0.3) is 0 Å². The molecule has 0 aliphatic carbocycles. The van der Waals surface area contributed by atoms with Crippen molar-refractivity contribution in [3.05, 3.63) is 59.7 Å². The van der Waals surface area contributed by atoms with Gasteiger partial charge in [0.05, 0.1) is 12.7 Å². The Kier molecular flexibility index (Phi) is 5.33. The number of hydrogen-bond acceptors (Lipinski definition) is 4. The molecule has 3 rings (SSSR count). The molecule has 0 bridgehead atoms. The molecule has 0 spiro atoms. The molecule has 1 aliphatic heterocycles. The van der Waals surface area contributed by atoms with Crippen molar-refractivity contribution in [2.45, 2.75) is 19.3 Å². The van der Waals surface area contributed by atoms with Gasteiger partial charge in [-0.2, -0.15) is 0 Å². The van der Waals surface area contributed by atoms with Gasteiger partial charge < -0.3 is 15.0 Å². The second kappa shape index (κ2) is 7.83. The van der Waals surface area contributed by atoms with Crippen LogP contribution >= 0.6 is 0 Å². The Hall–Kier alpha value is -2.82. The van der Waals surface area contributed by atoms with Gasteiger partial charge in [0.25, 0.3) is 5.91 Å². The highest BCUT2D eigenvalue weighted by molar-refractivity contribution is 6.04. The lowest BCUT2D eigenvalue weighted by Gasteiger charge is -2.28. The van der Waals surface area contributed by atoms with E-state index in [0.717, 1.165) is 13.1 Å². The minimum Gasteiger partial charge on any atom is -0.465 e. The minimum atomic E-state index is -0.397. The van der Waals surface area contributed by atoms with E-state index < -0.39 is 5.97 Å². The minimum absolute atomic E-state index is 0.170. The van der Waals surface area contributed by atoms with Crippen LogP contribution in [0.5, 0.6) is 0 Å². The molecule has 1 amide bonds. The Balaban J connectivity index is 1.63. The molecule has 5 heteroatoms. The zero-order valence-electron chi connectivity index (χ0n) is 14.3. The Morgan fingerprint density at radius 3 is 2.08 bits per heavy atom. The van der Waals surface area contributed by atoms with Crippen LogP contribution in [0, 0.1) is 0 Å². The molecule has 1 aliphatic rings. The molecule has 2 aromatic carbocycles. The van der Waals surface area contributed by atoms with Gasteiger partial charge in [0, 0.05) is 30.0 Å². The molecule has 0 unspecified atom stereocenters. The van der Waals surface area contributed by atoms with E-state index in [1.807, 2.05) is 24.3 Å². The van der Waals surface area contributed by atoms with Gasteiger partial charge >= 0.3 is 5.97 Å². The van der Waals surface area contributed by atoms with Crippen LogP contribution in [-0.4, -0.2) is 32.1 Å². The summed E-state index contributed by atoms with van der Waals surface area (Å²) in [4.78, 5) is 26.1. The smallest absolute Gasteiger partial charge is 0.337 e. The standard InChI is InChI=1S/C20H22N2O3/c1-25-20(24)16-5-9-17(10-6-16)21-19(23)15-7-11-18(12-8-15)22-13-3-2-4-14-22/h5-12H,2-4,13-14H2,1H3,(H,21,23). The molecule has 1 saturated heterocycles. The monoisotopic (exact) mass is 338 g/mol. The van der Waals surface area contributed by atoms with Gasteiger partial charge in [-0.25, -0.2) is 4.79 Å². The van der Waals surface area contributed by atoms with Gasteiger partial charge in [0.15, 0.2) is 0 Å². The summed E-state index contributed by atoms with van der Waals surface area (Å²) < 4.78 is 4.66. The number of piperidine rings is 1. The average molecular weight is 338 g/mol. The van der Waals surface area contributed by atoms with Crippen molar-refractivity contribution in [2.75, 3.05) is 30.4 Å². The van der Waals surface area contributed by atoms with Gasteiger partial charge in [-0.15, -0.1) is 0 Å². The van der Waals surface area contributed by atoms with E-state index in [9.17, 15) is 9.59 Å². The first-order valence-corrected chi connectivity index (χ1v) is 8.52. The third-order valence-electron chi connectivity index (χ3n) is 4.41. The van der Waals surface area contributed by atoms with Crippen molar-refractivity contribution in [3.8, 4) is 0 Å². The van der Waals surface area contributed by atoms with Gasteiger partial charge in [-0.1, -0.05) is 0 Å². The molecule has 25 heavy (non-hydrogen) atoms. The molecule has 5 nitrogen and oxygen atoms in total. The molecule has 0 atom stereocenters. The predicted octanol–water partition coefficient (Wildman–Crippen LogP) is 3.72. The van der Waals surface area contributed by atoms with Crippen LogP contribution in [0.15, 0.2) is 48.5 Å². The van der Waals surface area contributed by atoms with Crippen LogP contribution in [0.1, 0.15) is 40.0 Å². The van der Waals surface area contributed by atoms with E-state index in [4.69, 9.17) is 0 Å². The lowest BCUT2D eigenvalue weighted by Crippen LogP contribution is -2.29. The second-order valence-corrected chi connectivity index (χ2v) is 6.12. The molecular weight excluding hydrogens is 316 g/mol. The second-order valence-electron chi connectivity index (χ2n) is 6.12. The number of esters is 1. The number of methoxy groups -OCH3 is 1. The summed E-state index contributed by atoms with van der Waals surface area (Å²) in [5.74, 6) is -0.567. The number of amides is 1. The molecular formula is C20H22N2O3. The zero-order chi connectivity index (χ0) is 17.6. The molecule has 130 valence electrons. The first-order chi connectivity index (χ1) is 12.2. The maximum Gasteiger partial charge on any atom is 0.337 e. The summed E-state index contributed by atoms with van der Waals surface area (Å²) in [6.07, 6.45) is 3.75. The zero-order valence-corrected chi connectivity index (χ0v) is 14.3. The third kappa shape index (κ3) is 4.18. The number of carbonyl (C=O) groups is 2. The number of rotatable bonds is 4. The molecule has 1 heterocycles. The summed E-state index contributed by atoms with van der Waals surface area (Å²) in [6, 6.07) is 14.3. The molecule has 0 saturated carbocycles. The lowest BCUT2D eigenvalue weighted by atomic mass is 10.1. The normalized spacial score (nSPS) is 14.0. The Morgan fingerprint density at radius 1 is 0.880 bits per heavy atom. The maximum absolute atomic E-state index is 12.4. The number of nitrogens with zero attached hydrogens (tertiary/aromatic N) is 1. The van der Waals surface area contributed by atoms with Crippen molar-refractivity contribution in [2.24, 2.45) is 0 Å². The van der Waals surface area contributed by atoms with Crippen molar-refractivity contribution in [1.82, 2.24) is 0 Å². The quantitative estimate of drug-likeness (QED) is 0.863. The van der Waals surface area contributed by atoms with Crippen molar-refractivity contribution in [3.63, 3.8) is 0 Å². The van der Waals surface area contributed by atoms with Crippen molar-refractivity contribution < 1.29 is 14.3 Å². The summed E-state index contributed by atoms with van der Waals surface area (Å²) in [7, 11) is 1.34. The summed E-state index contributed by atoms with van der Waals surface area (Å²) >= 11 is 0. The molecule has 0 aromatic heterocycles. The lowest BCUT2D eigenvalue weighted by molar-refractivity contribution is 0.0600. The Morgan fingerprint density at radius 2 is 1.48 bits per heavy atom. The number of hydrogen-bond donors (Lipinski definition) is 1. The topological polar surface area (TPSA) is 58.6 Å². The van der Waals surface area contributed by atoms with Crippen LogP contribution in [0.2, 0.25) is 0 Å². The summed E-state index contributed by atoms with van der Waals surface area (Å²) in [5.41, 5.74) is 2.86.